The van der Waals surface area contributed by atoms with Crippen LogP contribution in [-0.2, 0) is 15.9 Å². The largest absolute Gasteiger partial charge is 0.369 e. The summed E-state index contributed by atoms with van der Waals surface area (Å²) in [6.07, 6.45) is 4.87. The normalized spacial score (nSPS) is 22.7. The molecule has 0 amide bonds. The van der Waals surface area contributed by atoms with E-state index in [4.69, 9.17) is 30.9 Å². The molecule has 1 fully saturated rings. The van der Waals surface area contributed by atoms with E-state index >= 15 is 0 Å². The average Bonchev–Trinajstić information content (AvgIpc) is 3.50. The summed E-state index contributed by atoms with van der Waals surface area (Å²) in [5.41, 5.74) is 3.33. The van der Waals surface area contributed by atoms with E-state index in [9.17, 15) is 0 Å². The number of ether oxygens (including phenoxy) is 2. The molecule has 3 atom stereocenters. The average molecular weight is 478 g/mol. The fraction of sp³-hybridized carbons (Fsp3) is 0.476. The lowest BCUT2D eigenvalue weighted by molar-refractivity contribution is -0.0384. The molecule has 9 nitrogen and oxygen atoms in total. The number of rotatable bonds is 7. The van der Waals surface area contributed by atoms with Crippen molar-refractivity contribution in [1.29, 1.82) is 0 Å². The van der Waals surface area contributed by atoms with Crippen LogP contribution >= 0.6 is 20.0 Å². The zero-order valence-corrected chi connectivity index (χ0v) is 19.3. The van der Waals surface area contributed by atoms with Gasteiger partial charge in [0.1, 0.15) is 12.2 Å². The Hall–Kier alpha value is -1.87. The van der Waals surface area contributed by atoms with E-state index in [2.05, 4.69) is 44.2 Å². The van der Waals surface area contributed by atoms with Crippen molar-refractivity contribution in [2.45, 2.75) is 44.1 Å². The molecule has 1 saturated heterocycles. The number of fused-ring (bicyclic) bond motifs is 2. The van der Waals surface area contributed by atoms with Crippen LogP contribution in [0.25, 0.3) is 11.0 Å². The van der Waals surface area contributed by atoms with Crippen molar-refractivity contribution in [3.05, 3.63) is 46.9 Å². The molecular formula is C21H25ClN5O4P. The zero-order chi connectivity index (χ0) is 22.2. The molecule has 3 unspecified atom stereocenters. The first kappa shape index (κ1) is 21.9. The highest BCUT2D eigenvalue weighted by Gasteiger charge is 2.31. The van der Waals surface area contributed by atoms with Crippen LogP contribution in [0.4, 0.5) is 5.82 Å². The van der Waals surface area contributed by atoms with E-state index in [0.717, 1.165) is 36.9 Å². The highest BCUT2D eigenvalue weighted by molar-refractivity contribution is 7.44. The molecule has 2 aromatic heterocycles. The summed E-state index contributed by atoms with van der Waals surface area (Å²) in [5, 5.41) is 5.56. The Labute approximate surface area is 191 Å². The number of halogens is 1. The Morgan fingerprint density at radius 2 is 2.09 bits per heavy atom. The minimum absolute atomic E-state index is 0.0760. The van der Waals surface area contributed by atoms with Crippen LogP contribution in [0.15, 0.2) is 30.5 Å². The van der Waals surface area contributed by atoms with Crippen molar-refractivity contribution in [3.8, 4) is 0 Å². The molecule has 11 heteroatoms. The number of benzene rings is 1. The Kier molecular flexibility index (Phi) is 6.29. The molecule has 0 bridgehead atoms. The molecule has 5 rings (SSSR count). The summed E-state index contributed by atoms with van der Waals surface area (Å²) in [6, 6.07) is 8.74. The number of nitrogens with zero attached hydrogens (tertiary/aromatic N) is 5. The minimum Gasteiger partial charge on any atom is -0.369 e. The summed E-state index contributed by atoms with van der Waals surface area (Å²) >= 11 is 6.34. The summed E-state index contributed by atoms with van der Waals surface area (Å²) in [4.78, 5) is 29.2. The lowest BCUT2D eigenvalue weighted by Crippen LogP contribution is -2.24. The Morgan fingerprint density at radius 1 is 1.25 bits per heavy atom. The lowest BCUT2D eigenvalue weighted by atomic mass is 10.1. The fourth-order valence-electron chi connectivity index (χ4n) is 4.70. The monoisotopic (exact) mass is 477 g/mol. The third kappa shape index (κ3) is 4.21. The van der Waals surface area contributed by atoms with Crippen molar-refractivity contribution in [1.82, 2.24) is 19.7 Å². The second-order valence-electron chi connectivity index (χ2n) is 8.17. The smallest absolute Gasteiger partial charge is 0.226 e. The minimum atomic E-state index is -2.06. The van der Waals surface area contributed by atoms with Crippen LogP contribution in [0, 0.1) is 0 Å². The third-order valence-corrected chi connectivity index (χ3v) is 6.76. The van der Waals surface area contributed by atoms with Gasteiger partial charge in [0, 0.05) is 7.05 Å². The topological polar surface area (TPSA) is 106 Å². The standard InChI is InChI=1S/C21H25ClN5O4P/c1-26(17-8-6-13-4-2-3-5-15(13)17)19-16-10-23-27(20(16)25-21(22)24-19)18-9-7-14(31-18)11-30-12-32(28)29/h2-5,10,14,17-18,28-29H,6-9,11-12H2,1H3. The molecule has 2 aliphatic rings. The summed E-state index contributed by atoms with van der Waals surface area (Å²) < 4.78 is 13.2. The van der Waals surface area contributed by atoms with Crippen LogP contribution in [0.1, 0.15) is 42.7 Å². The molecule has 1 aliphatic heterocycles. The number of hydrogen-bond donors (Lipinski definition) is 2. The molecule has 1 aromatic carbocycles. The van der Waals surface area contributed by atoms with Gasteiger partial charge in [0.25, 0.3) is 0 Å². The first-order valence-electron chi connectivity index (χ1n) is 10.6. The Balaban J connectivity index is 1.39. The van der Waals surface area contributed by atoms with Gasteiger partial charge >= 0.3 is 0 Å². The number of aryl methyl sites for hydroxylation is 1. The molecule has 2 N–H and O–H groups in total. The van der Waals surface area contributed by atoms with Crippen molar-refractivity contribution in [2.75, 3.05) is 24.9 Å². The molecule has 32 heavy (non-hydrogen) atoms. The Morgan fingerprint density at radius 3 is 2.94 bits per heavy atom. The van der Waals surface area contributed by atoms with Crippen LogP contribution in [0.2, 0.25) is 5.28 Å². The van der Waals surface area contributed by atoms with E-state index in [1.54, 1.807) is 10.9 Å². The Bertz CT molecular complexity index is 1110. The molecule has 3 aromatic rings. The summed E-state index contributed by atoms with van der Waals surface area (Å²) in [5.74, 6) is 0.755. The quantitative estimate of drug-likeness (QED) is 0.393. The van der Waals surface area contributed by atoms with Gasteiger partial charge in [-0.2, -0.15) is 15.1 Å². The van der Waals surface area contributed by atoms with Gasteiger partial charge in [-0.15, -0.1) is 0 Å². The first-order chi connectivity index (χ1) is 15.5. The van der Waals surface area contributed by atoms with Gasteiger partial charge in [-0.1, -0.05) is 24.3 Å². The maximum absolute atomic E-state index is 8.99. The molecule has 0 saturated carbocycles. The van der Waals surface area contributed by atoms with Crippen molar-refractivity contribution >= 4 is 36.8 Å². The summed E-state index contributed by atoms with van der Waals surface area (Å²) in [7, 11) is -0.0166. The van der Waals surface area contributed by atoms with Crippen molar-refractivity contribution < 1.29 is 19.3 Å². The zero-order valence-electron chi connectivity index (χ0n) is 17.6. The van der Waals surface area contributed by atoms with Crippen molar-refractivity contribution in [3.63, 3.8) is 0 Å². The number of aromatic nitrogens is 4. The van der Waals surface area contributed by atoms with Crippen LogP contribution < -0.4 is 4.90 Å². The van der Waals surface area contributed by atoms with Gasteiger partial charge < -0.3 is 24.2 Å². The van der Waals surface area contributed by atoms with Crippen LogP contribution in [-0.4, -0.2) is 55.6 Å². The van der Waals surface area contributed by atoms with Crippen LogP contribution in [0.5, 0.6) is 0 Å². The molecule has 0 radical (unpaired) electrons. The highest BCUT2D eigenvalue weighted by atomic mass is 35.5. The van der Waals surface area contributed by atoms with Gasteiger partial charge in [0.2, 0.25) is 5.28 Å². The molecule has 0 spiro atoms. The molecular weight excluding hydrogens is 453 g/mol. The second-order valence-corrected chi connectivity index (χ2v) is 9.51. The van der Waals surface area contributed by atoms with Gasteiger partial charge in [0.05, 0.1) is 30.3 Å². The van der Waals surface area contributed by atoms with E-state index in [-0.39, 0.29) is 30.0 Å². The summed E-state index contributed by atoms with van der Waals surface area (Å²) in [6.45, 7) is 0.306. The maximum atomic E-state index is 8.99. The van der Waals surface area contributed by atoms with Gasteiger partial charge in [-0.3, -0.25) is 0 Å². The highest BCUT2D eigenvalue weighted by Crippen LogP contribution is 2.39. The van der Waals surface area contributed by atoms with Crippen molar-refractivity contribution in [2.24, 2.45) is 0 Å². The number of hydrogen-bond acceptors (Lipinski definition) is 8. The molecule has 3 heterocycles. The van der Waals surface area contributed by atoms with Crippen LogP contribution in [0.3, 0.4) is 0 Å². The van der Waals surface area contributed by atoms with Gasteiger partial charge in [-0.05, 0) is 48.4 Å². The second kappa shape index (κ2) is 9.17. The van der Waals surface area contributed by atoms with E-state index in [1.165, 1.54) is 11.1 Å². The van der Waals surface area contributed by atoms with E-state index in [1.807, 2.05) is 7.05 Å². The SMILES string of the molecule is CN(c1nc(Cl)nc2c1cnn2C1CCC(COCP(O)O)O1)C1CCc2ccccc21. The fourth-order valence-corrected chi connectivity index (χ4v) is 5.13. The lowest BCUT2D eigenvalue weighted by Gasteiger charge is -2.27. The number of anilines is 1. The first-order valence-corrected chi connectivity index (χ1v) is 12.4. The predicted octanol–water partition coefficient (Wildman–Crippen LogP) is 3.55. The third-order valence-electron chi connectivity index (χ3n) is 6.18. The van der Waals surface area contributed by atoms with E-state index in [0.29, 0.717) is 12.3 Å². The van der Waals surface area contributed by atoms with Gasteiger partial charge in [0.15, 0.2) is 20.3 Å². The van der Waals surface area contributed by atoms with Gasteiger partial charge in [-0.25, -0.2) is 4.68 Å². The van der Waals surface area contributed by atoms with E-state index < -0.39 is 8.38 Å². The maximum Gasteiger partial charge on any atom is 0.226 e. The molecule has 170 valence electrons. The predicted molar refractivity (Wildman–Crippen MR) is 122 cm³/mol. The molecule has 1 aliphatic carbocycles.